The van der Waals surface area contributed by atoms with Crippen LogP contribution < -0.4 is 0 Å². The SMILES string of the molecule is Cc1cccc2c1C(=O)c1c(O)c3c(c(O)c1C2=O)CC(C)(C)CC3C. The molecule has 0 aromatic heterocycles. The lowest BCUT2D eigenvalue weighted by atomic mass is 9.67. The molecule has 4 heteroatoms. The van der Waals surface area contributed by atoms with E-state index in [2.05, 4.69) is 13.8 Å². The van der Waals surface area contributed by atoms with Crippen LogP contribution in [0.3, 0.4) is 0 Å². The third-order valence-corrected chi connectivity index (χ3v) is 5.80. The molecule has 0 saturated heterocycles. The molecule has 2 aromatic rings. The van der Waals surface area contributed by atoms with Crippen LogP contribution in [0.2, 0.25) is 0 Å². The minimum absolute atomic E-state index is 0.00822. The van der Waals surface area contributed by atoms with Crippen LogP contribution in [-0.2, 0) is 6.42 Å². The molecule has 4 rings (SSSR count). The van der Waals surface area contributed by atoms with E-state index < -0.39 is 5.78 Å². The van der Waals surface area contributed by atoms with E-state index in [0.717, 1.165) is 6.42 Å². The summed E-state index contributed by atoms with van der Waals surface area (Å²) in [5.74, 6) is -1.07. The van der Waals surface area contributed by atoms with Crippen molar-refractivity contribution in [3.05, 3.63) is 57.1 Å². The Kier molecular flexibility index (Phi) is 3.36. The number of aryl methyl sites for hydroxylation is 1. The van der Waals surface area contributed by atoms with E-state index in [1.165, 1.54) is 0 Å². The molecule has 26 heavy (non-hydrogen) atoms. The maximum Gasteiger partial charge on any atom is 0.198 e. The summed E-state index contributed by atoms with van der Waals surface area (Å²) >= 11 is 0. The molecular formula is C22H22O4. The highest BCUT2D eigenvalue weighted by Crippen LogP contribution is 2.52. The highest BCUT2D eigenvalue weighted by Gasteiger charge is 2.42. The number of hydrogen-bond donors (Lipinski definition) is 2. The predicted molar refractivity (Wildman–Crippen MR) is 98.3 cm³/mol. The Morgan fingerprint density at radius 1 is 1.00 bits per heavy atom. The molecule has 134 valence electrons. The van der Waals surface area contributed by atoms with Gasteiger partial charge in [0.1, 0.15) is 11.5 Å². The highest BCUT2D eigenvalue weighted by molar-refractivity contribution is 6.31. The van der Waals surface area contributed by atoms with Crippen molar-refractivity contribution in [2.45, 2.75) is 46.5 Å². The van der Waals surface area contributed by atoms with Crippen molar-refractivity contribution in [2.75, 3.05) is 0 Å². The lowest BCUT2D eigenvalue weighted by molar-refractivity contribution is 0.0972. The van der Waals surface area contributed by atoms with Crippen LogP contribution in [0.25, 0.3) is 0 Å². The predicted octanol–water partition coefficient (Wildman–Crippen LogP) is 4.26. The van der Waals surface area contributed by atoms with Crippen molar-refractivity contribution in [1.29, 1.82) is 0 Å². The van der Waals surface area contributed by atoms with Crippen LogP contribution in [0.4, 0.5) is 0 Å². The first-order chi connectivity index (χ1) is 12.1. The molecule has 2 N–H and O–H groups in total. The molecule has 0 aliphatic heterocycles. The van der Waals surface area contributed by atoms with Gasteiger partial charge in [0.25, 0.3) is 0 Å². The van der Waals surface area contributed by atoms with Crippen LogP contribution in [0, 0.1) is 12.3 Å². The summed E-state index contributed by atoms with van der Waals surface area (Å²) < 4.78 is 0. The fourth-order valence-electron chi connectivity index (χ4n) is 4.84. The quantitative estimate of drug-likeness (QED) is 0.594. The van der Waals surface area contributed by atoms with Gasteiger partial charge in [0.05, 0.1) is 11.1 Å². The van der Waals surface area contributed by atoms with Crippen LogP contribution in [-0.4, -0.2) is 21.8 Å². The van der Waals surface area contributed by atoms with Gasteiger partial charge in [-0.3, -0.25) is 9.59 Å². The second-order valence-corrected chi connectivity index (χ2v) is 8.44. The van der Waals surface area contributed by atoms with Gasteiger partial charge in [-0.15, -0.1) is 0 Å². The zero-order valence-electron chi connectivity index (χ0n) is 15.4. The van der Waals surface area contributed by atoms with E-state index in [4.69, 9.17) is 0 Å². The van der Waals surface area contributed by atoms with Gasteiger partial charge < -0.3 is 10.2 Å². The number of phenolic OH excluding ortho intramolecular Hbond substituents is 2. The number of carbonyl (C=O) groups is 2. The fourth-order valence-corrected chi connectivity index (χ4v) is 4.84. The Bertz CT molecular complexity index is 998. The Morgan fingerprint density at radius 2 is 1.65 bits per heavy atom. The monoisotopic (exact) mass is 350 g/mol. The van der Waals surface area contributed by atoms with Crippen molar-refractivity contribution in [3.8, 4) is 11.5 Å². The van der Waals surface area contributed by atoms with Crippen LogP contribution >= 0.6 is 0 Å². The fraction of sp³-hybridized carbons (Fsp3) is 0.364. The molecule has 1 atom stereocenters. The molecule has 2 aliphatic rings. The lowest BCUT2D eigenvalue weighted by Gasteiger charge is -2.37. The standard InChI is InChI=1S/C22H22O4/c1-10-6-5-7-12-14(10)20(25)17-16(18(12)23)19(24)13-9-22(3,4)8-11(2)15(13)21(17)26/h5-7,11,24,26H,8-9H2,1-4H3. The van der Waals surface area contributed by atoms with Crippen molar-refractivity contribution in [1.82, 2.24) is 0 Å². The van der Waals surface area contributed by atoms with Gasteiger partial charge in [0.15, 0.2) is 11.6 Å². The summed E-state index contributed by atoms with van der Waals surface area (Å²) in [5.41, 5.74) is 2.37. The molecule has 1 unspecified atom stereocenters. The van der Waals surface area contributed by atoms with Crippen LogP contribution in [0.15, 0.2) is 18.2 Å². The summed E-state index contributed by atoms with van der Waals surface area (Å²) in [4.78, 5) is 26.2. The number of benzene rings is 2. The van der Waals surface area contributed by atoms with E-state index in [1.807, 2.05) is 6.92 Å². The summed E-state index contributed by atoms with van der Waals surface area (Å²) in [5, 5.41) is 21.9. The zero-order valence-corrected chi connectivity index (χ0v) is 15.4. The van der Waals surface area contributed by atoms with E-state index in [9.17, 15) is 19.8 Å². The summed E-state index contributed by atoms with van der Waals surface area (Å²) in [6.07, 6.45) is 1.39. The number of hydrogen-bond acceptors (Lipinski definition) is 4. The Balaban J connectivity index is 2.08. The molecule has 0 radical (unpaired) electrons. The molecule has 2 aromatic carbocycles. The first kappa shape index (κ1) is 16.8. The third-order valence-electron chi connectivity index (χ3n) is 5.80. The van der Waals surface area contributed by atoms with E-state index >= 15 is 0 Å². The smallest absolute Gasteiger partial charge is 0.198 e. The number of carbonyl (C=O) groups excluding carboxylic acids is 2. The molecule has 2 aliphatic carbocycles. The normalized spacial score (nSPS) is 20.4. The highest BCUT2D eigenvalue weighted by atomic mass is 16.3. The minimum Gasteiger partial charge on any atom is -0.507 e. The maximum absolute atomic E-state index is 13.1. The average molecular weight is 350 g/mol. The summed E-state index contributed by atoms with van der Waals surface area (Å²) in [6, 6.07) is 5.11. The maximum atomic E-state index is 13.1. The van der Waals surface area contributed by atoms with Gasteiger partial charge in [-0.05, 0) is 36.7 Å². The van der Waals surface area contributed by atoms with E-state index in [-0.39, 0.29) is 39.7 Å². The number of aromatic hydroxyl groups is 2. The van der Waals surface area contributed by atoms with Gasteiger partial charge in [-0.1, -0.05) is 39.0 Å². The molecule has 0 heterocycles. The number of fused-ring (bicyclic) bond motifs is 3. The number of rotatable bonds is 0. The largest absolute Gasteiger partial charge is 0.507 e. The van der Waals surface area contributed by atoms with Crippen LogP contribution in [0.1, 0.15) is 81.6 Å². The van der Waals surface area contributed by atoms with Crippen molar-refractivity contribution in [2.24, 2.45) is 5.41 Å². The molecular weight excluding hydrogens is 328 g/mol. The lowest BCUT2D eigenvalue weighted by Crippen LogP contribution is -2.28. The van der Waals surface area contributed by atoms with Gasteiger partial charge in [0, 0.05) is 22.3 Å². The molecule has 0 spiro atoms. The van der Waals surface area contributed by atoms with Gasteiger partial charge in [0.2, 0.25) is 0 Å². The van der Waals surface area contributed by atoms with Crippen molar-refractivity contribution >= 4 is 11.6 Å². The van der Waals surface area contributed by atoms with Crippen LogP contribution in [0.5, 0.6) is 11.5 Å². The molecule has 0 bridgehead atoms. The number of ketones is 2. The first-order valence-electron chi connectivity index (χ1n) is 8.93. The van der Waals surface area contributed by atoms with Crippen molar-refractivity contribution < 1.29 is 19.8 Å². The second-order valence-electron chi connectivity index (χ2n) is 8.44. The van der Waals surface area contributed by atoms with E-state index in [0.29, 0.717) is 34.2 Å². The van der Waals surface area contributed by atoms with Crippen molar-refractivity contribution in [3.63, 3.8) is 0 Å². The summed E-state index contributed by atoms with van der Waals surface area (Å²) in [6.45, 7) is 7.97. The molecule has 4 nitrogen and oxygen atoms in total. The Labute approximate surface area is 152 Å². The van der Waals surface area contributed by atoms with Gasteiger partial charge in [-0.25, -0.2) is 0 Å². The first-order valence-corrected chi connectivity index (χ1v) is 8.93. The van der Waals surface area contributed by atoms with E-state index in [1.54, 1.807) is 25.1 Å². The van der Waals surface area contributed by atoms with Gasteiger partial charge >= 0.3 is 0 Å². The van der Waals surface area contributed by atoms with Gasteiger partial charge in [-0.2, -0.15) is 0 Å². The topological polar surface area (TPSA) is 74.6 Å². The second kappa shape index (κ2) is 5.19. The molecule has 0 saturated carbocycles. The average Bonchev–Trinajstić information content (AvgIpc) is 2.54. The molecule has 0 amide bonds. The number of phenols is 2. The third kappa shape index (κ3) is 2.08. The Hall–Kier alpha value is -2.62. The Morgan fingerprint density at radius 3 is 2.35 bits per heavy atom. The minimum atomic E-state index is -0.398. The summed E-state index contributed by atoms with van der Waals surface area (Å²) in [7, 11) is 0. The zero-order chi connectivity index (χ0) is 19.0. The molecule has 0 fully saturated rings.